The lowest BCUT2D eigenvalue weighted by Crippen LogP contribution is -2.46. The fourth-order valence-corrected chi connectivity index (χ4v) is 2.03. The highest BCUT2D eigenvalue weighted by Crippen LogP contribution is 2.43. The Morgan fingerprint density at radius 2 is 2.17 bits per heavy atom. The van der Waals surface area contributed by atoms with E-state index in [-0.39, 0.29) is 11.5 Å². The highest BCUT2D eigenvalue weighted by molar-refractivity contribution is 5.70. The van der Waals surface area contributed by atoms with Gasteiger partial charge in [0.2, 0.25) is 0 Å². The molecule has 0 bridgehead atoms. The topological polar surface area (TPSA) is 46.5 Å². The summed E-state index contributed by atoms with van der Waals surface area (Å²) < 4.78 is 5.59. The van der Waals surface area contributed by atoms with Crippen LogP contribution in [-0.4, -0.2) is 23.3 Å². The molecule has 1 heterocycles. The van der Waals surface area contributed by atoms with E-state index >= 15 is 0 Å². The average molecular weight is 170 g/mol. The predicted molar refractivity (Wildman–Crippen MR) is 42.9 cm³/mol. The Morgan fingerprint density at radius 1 is 1.42 bits per heavy atom. The number of carbonyl (C=O) groups is 1. The van der Waals surface area contributed by atoms with E-state index in [1.54, 1.807) is 0 Å². The zero-order valence-electron chi connectivity index (χ0n) is 7.08. The average Bonchev–Trinajstić information content (AvgIpc) is 2.02. The molecule has 0 amide bonds. The van der Waals surface area contributed by atoms with Crippen LogP contribution in [0.2, 0.25) is 0 Å². The molecule has 2 aliphatic rings. The van der Waals surface area contributed by atoms with Gasteiger partial charge in [-0.3, -0.25) is 4.79 Å². The van der Waals surface area contributed by atoms with Gasteiger partial charge in [-0.1, -0.05) is 0 Å². The second-order valence-electron chi connectivity index (χ2n) is 3.92. The van der Waals surface area contributed by atoms with Crippen LogP contribution in [0.5, 0.6) is 0 Å². The van der Waals surface area contributed by atoms with Gasteiger partial charge in [-0.25, -0.2) is 0 Å². The summed E-state index contributed by atoms with van der Waals surface area (Å²) >= 11 is 0. The minimum Gasteiger partial charge on any atom is -0.481 e. The van der Waals surface area contributed by atoms with Gasteiger partial charge in [-0.2, -0.15) is 0 Å². The summed E-state index contributed by atoms with van der Waals surface area (Å²) in [6, 6.07) is 0. The van der Waals surface area contributed by atoms with E-state index < -0.39 is 5.97 Å². The molecule has 0 radical (unpaired) electrons. The van der Waals surface area contributed by atoms with Gasteiger partial charge in [-0.15, -0.1) is 0 Å². The van der Waals surface area contributed by atoms with Crippen molar-refractivity contribution in [3.63, 3.8) is 0 Å². The van der Waals surface area contributed by atoms with Crippen LogP contribution < -0.4 is 0 Å². The number of carboxylic acids is 1. The monoisotopic (exact) mass is 170 g/mol. The first-order valence-electron chi connectivity index (χ1n) is 4.59. The van der Waals surface area contributed by atoms with Crippen molar-refractivity contribution in [2.24, 2.45) is 5.92 Å². The molecule has 0 aromatic rings. The minimum atomic E-state index is -0.704. The second kappa shape index (κ2) is 2.73. The Balaban J connectivity index is 1.88. The molecule has 2 fully saturated rings. The smallest absolute Gasteiger partial charge is 0.308 e. The van der Waals surface area contributed by atoms with Crippen LogP contribution in [0.15, 0.2) is 0 Å². The van der Waals surface area contributed by atoms with E-state index in [2.05, 4.69) is 0 Å². The minimum absolute atomic E-state index is 0.103. The van der Waals surface area contributed by atoms with Crippen LogP contribution in [0.25, 0.3) is 0 Å². The number of carboxylic acid groups (broad SMARTS) is 1. The van der Waals surface area contributed by atoms with E-state index in [0.717, 1.165) is 25.7 Å². The van der Waals surface area contributed by atoms with Crippen molar-refractivity contribution in [2.75, 3.05) is 6.61 Å². The normalized spacial score (nSPS) is 32.8. The van der Waals surface area contributed by atoms with E-state index in [1.165, 1.54) is 6.42 Å². The summed E-state index contributed by atoms with van der Waals surface area (Å²) in [6.07, 6.45) is 5.27. The highest BCUT2D eigenvalue weighted by Gasteiger charge is 2.42. The van der Waals surface area contributed by atoms with Crippen molar-refractivity contribution < 1.29 is 14.6 Å². The van der Waals surface area contributed by atoms with Crippen molar-refractivity contribution >= 4 is 5.97 Å². The first-order chi connectivity index (χ1) is 5.72. The van der Waals surface area contributed by atoms with Gasteiger partial charge in [0.15, 0.2) is 0 Å². The van der Waals surface area contributed by atoms with Crippen LogP contribution in [0.4, 0.5) is 0 Å². The van der Waals surface area contributed by atoms with E-state index in [9.17, 15) is 4.79 Å². The van der Waals surface area contributed by atoms with Gasteiger partial charge in [-0.05, 0) is 32.1 Å². The molecule has 1 aliphatic carbocycles. The molecule has 1 atom stereocenters. The highest BCUT2D eigenvalue weighted by atomic mass is 16.5. The number of hydrogen-bond donors (Lipinski definition) is 1. The van der Waals surface area contributed by atoms with Crippen molar-refractivity contribution in [3.05, 3.63) is 0 Å². The molecule has 1 saturated heterocycles. The lowest BCUT2D eigenvalue weighted by Gasteiger charge is -2.45. The van der Waals surface area contributed by atoms with E-state index in [1.807, 2.05) is 0 Å². The first-order valence-corrected chi connectivity index (χ1v) is 4.59. The molecule has 0 aromatic carbocycles. The zero-order valence-corrected chi connectivity index (χ0v) is 7.08. The standard InChI is InChI=1S/C9H14O3/c10-8(11)7-2-5-9(12-6-7)3-1-4-9/h7H,1-6H2,(H,10,11). The number of aliphatic carboxylic acids is 1. The van der Waals surface area contributed by atoms with Gasteiger partial charge < -0.3 is 9.84 Å². The Hall–Kier alpha value is -0.570. The maximum Gasteiger partial charge on any atom is 0.308 e. The molecule has 1 saturated carbocycles. The maximum absolute atomic E-state index is 10.6. The second-order valence-corrected chi connectivity index (χ2v) is 3.92. The Bertz CT molecular complexity index is 186. The summed E-state index contributed by atoms with van der Waals surface area (Å²) in [4.78, 5) is 10.6. The molecule has 68 valence electrons. The maximum atomic E-state index is 10.6. The molecular weight excluding hydrogens is 156 g/mol. The molecule has 2 rings (SSSR count). The largest absolute Gasteiger partial charge is 0.481 e. The summed E-state index contributed by atoms with van der Waals surface area (Å²) in [6.45, 7) is 0.426. The predicted octanol–water partition coefficient (Wildman–Crippen LogP) is 1.42. The Morgan fingerprint density at radius 3 is 2.50 bits per heavy atom. The number of rotatable bonds is 1. The van der Waals surface area contributed by atoms with Gasteiger partial charge in [0.1, 0.15) is 0 Å². The molecule has 3 heteroatoms. The summed E-state index contributed by atoms with van der Waals surface area (Å²) in [5.74, 6) is -0.958. The fourth-order valence-electron chi connectivity index (χ4n) is 2.03. The van der Waals surface area contributed by atoms with E-state index in [0.29, 0.717) is 6.61 Å². The third-order valence-corrected chi connectivity index (χ3v) is 3.15. The first kappa shape index (κ1) is 8.05. The zero-order chi connectivity index (χ0) is 8.60. The van der Waals surface area contributed by atoms with Crippen LogP contribution in [-0.2, 0) is 9.53 Å². The van der Waals surface area contributed by atoms with Crippen molar-refractivity contribution in [1.82, 2.24) is 0 Å². The Kier molecular flexibility index (Phi) is 1.83. The SMILES string of the molecule is O=C(O)C1CCC2(CCC2)OC1. The molecular formula is C9H14O3. The van der Waals surface area contributed by atoms with Crippen LogP contribution >= 0.6 is 0 Å². The Labute approximate surface area is 71.7 Å². The molecule has 1 spiro atoms. The molecule has 1 aliphatic heterocycles. The van der Waals surface area contributed by atoms with Gasteiger partial charge in [0, 0.05) is 0 Å². The van der Waals surface area contributed by atoms with Crippen LogP contribution in [0.3, 0.4) is 0 Å². The number of hydrogen-bond acceptors (Lipinski definition) is 2. The molecule has 12 heavy (non-hydrogen) atoms. The number of ether oxygens (including phenoxy) is 1. The van der Waals surface area contributed by atoms with Gasteiger partial charge in [0.25, 0.3) is 0 Å². The summed E-state index contributed by atoms with van der Waals surface area (Å²) in [7, 11) is 0. The fraction of sp³-hybridized carbons (Fsp3) is 0.889. The van der Waals surface area contributed by atoms with Crippen LogP contribution in [0.1, 0.15) is 32.1 Å². The summed E-state index contributed by atoms with van der Waals surface area (Å²) in [5, 5.41) is 8.72. The lowest BCUT2D eigenvalue weighted by atomic mass is 9.74. The van der Waals surface area contributed by atoms with E-state index in [4.69, 9.17) is 9.84 Å². The van der Waals surface area contributed by atoms with Crippen molar-refractivity contribution in [2.45, 2.75) is 37.7 Å². The van der Waals surface area contributed by atoms with Gasteiger partial charge >= 0.3 is 5.97 Å². The molecule has 0 aromatic heterocycles. The van der Waals surface area contributed by atoms with Gasteiger partial charge in [0.05, 0.1) is 18.1 Å². The quantitative estimate of drug-likeness (QED) is 0.647. The molecule has 1 unspecified atom stereocenters. The van der Waals surface area contributed by atoms with Crippen molar-refractivity contribution in [3.8, 4) is 0 Å². The van der Waals surface area contributed by atoms with Crippen LogP contribution in [0, 0.1) is 5.92 Å². The molecule has 1 N–H and O–H groups in total. The van der Waals surface area contributed by atoms with Crippen molar-refractivity contribution in [1.29, 1.82) is 0 Å². The lowest BCUT2D eigenvalue weighted by molar-refractivity contribution is -0.168. The third-order valence-electron chi connectivity index (χ3n) is 3.15. The third kappa shape index (κ3) is 1.22. The molecule has 3 nitrogen and oxygen atoms in total. The summed E-state index contributed by atoms with van der Waals surface area (Å²) in [5.41, 5.74) is 0.103.